The van der Waals surface area contributed by atoms with E-state index in [1.54, 1.807) is 35.7 Å². The highest BCUT2D eigenvalue weighted by molar-refractivity contribution is 6.33. The summed E-state index contributed by atoms with van der Waals surface area (Å²) in [5, 5.41) is 6.76. The van der Waals surface area contributed by atoms with Crippen molar-refractivity contribution in [3.63, 3.8) is 0 Å². The molecule has 0 bridgehead atoms. The zero-order valence-corrected chi connectivity index (χ0v) is 16.4. The first-order chi connectivity index (χ1) is 14.2. The molecule has 3 aromatic rings. The van der Waals surface area contributed by atoms with Crippen molar-refractivity contribution < 1.29 is 13.6 Å². The molecular formula is C23H19ClN2O3. The summed E-state index contributed by atoms with van der Waals surface area (Å²) in [5.41, 5.74) is 2.46. The molecule has 0 spiro atoms. The molecule has 1 amide bonds. The average molecular weight is 407 g/mol. The monoisotopic (exact) mass is 406 g/mol. The van der Waals surface area contributed by atoms with Gasteiger partial charge < -0.3 is 8.83 Å². The van der Waals surface area contributed by atoms with E-state index >= 15 is 0 Å². The largest absolute Gasteiger partial charge is 0.467 e. The number of carbonyl (C=O) groups excluding carboxylic acids is 1. The Morgan fingerprint density at radius 2 is 1.93 bits per heavy atom. The molecule has 5 nitrogen and oxygen atoms in total. The van der Waals surface area contributed by atoms with Crippen LogP contribution >= 0.6 is 11.6 Å². The number of nitrogens with zero attached hydrogens (tertiary/aromatic N) is 2. The Kier molecular flexibility index (Phi) is 4.60. The van der Waals surface area contributed by atoms with Crippen LogP contribution in [-0.2, 0) is 0 Å². The lowest BCUT2D eigenvalue weighted by Crippen LogP contribution is -2.31. The van der Waals surface area contributed by atoms with Crippen LogP contribution in [0.3, 0.4) is 0 Å². The minimum Gasteiger partial charge on any atom is -0.467 e. The number of carbonyl (C=O) groups is 1. The molecular weight excluding hydrogens is 388 g/mol. The molecule has 1 aliphatic heterocycles. The van der Waals surface area contributed by atoms with Crippen molar-refractivity contribution in [1.82, 2.24) is 5.01 Å². The minimum atomic E-state index is -0.288. The van der Waals surface area contributed by atoms with Crippen molar-refractivity contribution in [2.75, 3.05) is 0 Å². The highest BCUT2D eigenvalue weighted by Crippen LogP contribution is 2.45. The lowest BCUT2D eigenvalue weighted by molar-refractivity contribution is 0.0656. The summed E-state index contributed by atoms with van der Waals surface area (Å²) >= 11 is 6.30. The smallest absolute Gasteiger partial charge is 0.276 e. The van der Waals surface area contributed by atoms with Gasteiger partial charge in [-0.25, -0.2) is 5.01 Å². The summed E-state index contributed by atoms with van der Waals surface area (Å²) in [4.78, 5) is 13.4. The van der Waals surface area contributed by atoms with Gasteiger partial charge in [-0.05, 0) is 67.3 Å². The van der Waals surface area contributed by atoms with Crippen molar-refractivity contribution in [3.8, 4) is 0 Å². The van der Waals surface area contributed by atoms with Crippen LogP contribution in [0, 0.1) is 5.92 Å². The van der Waals surface area contributed by atoms with Gasteiger partial charge in [0.05, 0.1) is 28.8 Å². The molecule has 0 radical (unpaired) electrons. The van der Waals surface area contributed by atoms with Crippen molar-refractivity contribution in [2.45, 2.75) is 25.3 Å². The first kappa shape index (κ1) is 18.0. The average Bonchev–Trinajstić information content (AvgIpc) is 3.48. The Morgan fingerprint density at radius 3 is 2.69 bits per heavy atom. The third-order valence-corrected chi connectivity index (χ3v) is 5.84. The van der Waals surface area contributed by atoms with E-state index in [1.807, 2.05) is 36.4 Å². The maximum atomic E-state index is 13.4. The van der Waals surface area contributed by atoms with Crippen molar-refractivity contribution in [1.29, 1.82) is 0 Å². The quantitative estimate of drug-likeness (QED) is 0.539. The molecule has 1 fully saturated rings. The van der Waals surface area contributed by atoms with Crippen LogP contribution in [0.15, 0.2) is 80.6 Å². The minimum absolute atomic E-state index is 0.0718. The van der Waals surface area contributed by atoms with Gasteiger partial charge >= 0.3 is 0 Å². The van der Waals surface area contributed by atoms with Gasteiger partial charge in [0, 0.05) is 5.92 Å². The van der Waals surface area contributed by atoms with Crippen LogP contribution in [0.25, 0.3) is 6.08 Å². The lowest BCUT2D eigenvalue weighted by Gasteiger charge is -2.27. The van der Waals surface area contributed by atoms with Crippen molar-refractivity contribution >= 4 is 29.3 Å². The third kappa shape index (κ3) is 3.21. The van der Waals surface area contributed by atoms with Crippen LogP contribution < -0.4 is 0 Å². The van der Waals surface area contributed by atoms with Crippen LogP contribution in [0.4, 0.5) is 0 Å². The summed E-state index contributed by atoms with van der Waals surface area (Å²) < 4.78 is 11.2. The Bertz CT molecular complexity index is 1080. The molecule has 0 unspecified atom stereocenters. The molecule has 2 aromatic heterocycles. The number of halogens is 1. The van der Waals surface area contributed by atoms with Gasteiger partial charge in [-0.1, -0.05) is 23.7 Å². The second-order valence-electron chi connectivity index (χ2n) is 7.26. The number of hydrazone groups is 1. The third-order valence-electron chi connectivity index (χ3n) is 5.51. The number of benzene rings is 1. The molecule has 29 heavy (non-hydrogen) atoms. The fourth-order valence-electron chi connectivity index (χ4n) is 4.21. The van der Waals surface area contributed by atoms with E-state index in [9.17, 15) is 4.79 Å². The van der Waals surface area contributed by atoms with Crippen molar-refractivity contribution in [3.05, 3.63) is 88.7 Å². The summed E-state index contributed by atoms with van der Waals surface area (Å²) in [6.07, 6.45) is 8.16. The molecule has 0 N–H and O–H groups in total. The first-order valence-electron chi connectivity index (χ1n) is 9.67. The Morgan fingerprint density at radius 1 is 1.10 bits per heavy atom. The van der Waals surface area contributed by atoms with Gasteiger partial charge in [0.15, 0.2) is 0 Å². The number of hydrogen-bond donors (Lipinski definition) is 0. The first-order valence-corrected chi connectivity index (χ1v) is 10.0. The summed E-state index contributed by atoms with van der Waals surface area (Å²) in [7, 11) is 0. The molecule has 6 heteroatoms. The topological polar surface area (TPSA) is 59.0 Å². The second kappa shape index (κ2) is 7.41. The molecule has 5 rings (SSSR count). The molecule has 146 valence electrons. The Labute approximate surface area is 173 Å². The predicted octanol–water partition coefficient (Wildman–Crippen LogP) is 5.96. The molecule has 0 saturated heterocycles. The van der Waals surface area contributed by atoms with Gasteiger partial charge in [-0.15, -0.1) is 0 Å². The zero-order valence-electron chi connectivity index (χ0n) is 15.6. The summed E-state index contributed by atoms with van der Waals surface area (Å²) in [5.74, 6) is 1.36. The predicted molar refractivity (Wildman–Crippen MR) is 111 cm³/mol. The highest BCUT2D eigenvalue weighted by atomic mass is 35.5. The van der Waals surface area contributed by atoms with Gasteiger partial charge in [-0.3, -0.25) is 4.79 Å². The van der Waals surface area contributed by atoms with Gasteiger partial charge in [0.2, 0.25) is 0 Å². The summed E-state index contributed by atoms with van der Waals surface area (Å²) in [6.45, 7) is 0. The van der Waals surface area contributed by atoms with Gasteiger partial charge in [0.25, 0.3) is 5.91 Å². The number of rotatable bonds is 3. The molecule has 1 saturated carbocycles. The van der Waals surface area contributed by atoms with Gasteiger partial charge in [-0.2, -0.15) is 5.10 Å². The fraction of sp³-hybridized carbons (Fsp3) is 0.217. The molecule has 3 heterocycles. The fourth-order valence-corrected chi connectivity index (χ4v) is 4.43. The SMILES string of the molecule is O=C(c1ccccc1Cl)N1N=C2/C(=C/c3ccco3)CCC[C@@H]2[C@@H]1c1ccco1. The van der Waals surface area contributed by atoms with E-state index in [0.717, 1.165) is 42.1 Å². The standard InChI is InChI=1S/C23H19ClN2O3/c24-19-10-2-1-8-17(19)23(27)26-22(20-11-5-13-29-20)18-9-3-6-15(21(18)25-26)14-16-7-4-12-28-16/h1-2,4-5,7-8,10-14,18,22H,3,6,9H2/b15-14+/t18-,22+/m0/s1. The van der Waals surface area contributed by atoms with Gasteiger partial charge in [0.1, 0.15) is 17.6 Å². The maximum Gasteiger partial charge on any atom is 0.276 e. The summed E-state index contributed by atoms with van der Waals surface area (Å²) in [6, 6.07) is 14.3. The van der Waals surface area contributed by atoms with E-state index in [0.29, 0.717) is 10.6 Å². The van der Waals surface area contributed by atoms with Crippen LogP contribution in [0.5, 0.6) is 0 Å². The number of furan rings is 2. The van der Waals surface area contributed by atoms with Crippen LogP contribution in [0.1, 0.15) is 47.2 Å². The highest BCUT2D eigenvalue weighted by Gasteiger charge is 2.45. The zero-order chi connectivity index (χ0) is 19.8. The molecule has 1 aromatic carbocycles. The number of fused-ring (bicyclic) bond motifs is 1. The Hall–Kier alpha value is -3.05. The number of hydrogen-bond acceptors (Lipinski definition) is 4. The van der Waals surface area contributed by atoms with E-state index in [2.05, 4.69) is 0 Å². The van der Waals surface area contributed by atoms with E-state index in [4.69, 9.17) is 25.5 Å². The van der Waals surface area contributed by atoms with E-state index in [-0.39, 0.29) is 17.9 Å². The molecule has 2 atom stereocenters. The second-order valence-corrected chi connectivity index (χ2v) is 7.67. The van der Waals surface area contributed by atoms with Crippen LogP contribution in [0.2, 0.25) is 5.02 Å². The lowest BCUT2D eigenvalue weighted by atomic mass is 9.79. The van der Waals surface area contributed by atoms with E-state index < -0.39 is 0 Å². The van der Waals surface area contributed by atoms with Crippen LogP contribution in [-0.4, -0.2) is 16.6 Å². The normalized spacial score (nSPS) is 22.6. The number of allylic oxidation sites excluding steroid dienone is 1. The molecule has 1 aliphatic carbocycles. The number of amides is 1. The maximum absolute atomic E-state index is 13.4. The Balaban J connectivity index is 1.59. The van der Waals surface area contributed by atoms with Crippen molar-refractivity contribution in [2.24, 2.45) is 11.0 Å². The molecule has 2 aliphatic rings. The van der Waals surface area contributed by atoms with E-state index in [1.165, 1.54) is 0 Å².